The average molecular weight is 427 g/mol. The Balaban J connectivity index is 1.51. The van der Waals surface area contributed by atoms with Crippen molar-refractivity contribution in [1.29, 1.82) is 0 Å². The summed E-state index contributed by atoms with van der Waals surface area (Å²) in [6.07, 6.45) is 6.46. The van der Waals surface area contributed by atoms with Crippen LogP contribution in [0.4, 0.5) is 5.95 Å². The van der Waals surface area contributed by atoms with Crippen LogP contribution in [0.15, 0.2) is 24.4 Å². The Morgan fingerprint density at radius 3 is 2.87 bits per heavy atom. The number of aromatic nitrogens is 2. The van der Waals surface area contributed by atoms with Crippen molar-refractivity contribution in [1.82, 2.24) is 14.9 Å². The van der Waals surface area contributed by atoms with E-state index in [0.29, 0.717) is 11.5 Å². The van der Waals surface area contributed by atoms with Crippen LogP contribution in [0.25, 0.3) is 0 Å². The van der Waals surface area contributed by atoms with E-state index in [9.17, 15) is 4.79 Å². The van der Waals surface area contributed by atoms with Crippen molar-refractivity contribution < 1.29 is 19.4 Å². The number of aryl methyl sites for hydroxylation is 1. The summed E-state index contributed by atoms with van der Waals surface area (Å²) in [5.74, 6) is 0.767. The largest absolute Gasteiger partial charge is 0.493 e. The van der Waals surface area contributed by atoms with Crippen molar-refractivity contribution in [3.05, 3.63) is 41.2 Å². The number of carboxylic acids is 1. The maximum absolute atomic E-state index is 10.8. The van der Waals surface area contributed by atoms with Crippen LogP contribution >= 0.6 is 0 Å². The van der Waals surface area contributed by atoms with Gasteiger partial charge in [0.05, 0.1) is 12.8 Å². The summed E-state index contributed by atoms with van der Waals surface area (Å²) >= 11 is 0. The lowest BCUT2D eigenvalue weighted by Crippen LogP contribution is -2.45. The Hall–Kier alpha value is -2.87. The van der Waals surface area contributed by atoms with E-state index in [0.717, 1.165) is 56.8 Å². The molecule has 2 aromatic rings. The fraction of sp³-hybridized carbons (Fsp3) is 0.522. The number of piperidine rings is 1. The minimum atomic E-state index is -1.01. The predicted molar refractivity (Wildman–Crippen MR) is 117 cm³/mol. The van der Waals surface area contributed by atoms with Gasteiger partial charge in [-0.25, -0.2) is 14.8 Å². The number of carbonyl (C=O) groups is 1. The van der Waals surface area contributed by atoms with E-state index in [1.54, 1.807) is 13.2 Å². The number of rotatable bonds is 7. The van der Waals surface area contributed by atoms with Crippen molar-refractivity contribution in [3.63, 3.8) is 0 Å². The minimum absolute atomic E-state index is 0.0932. The Morgan fingerprint density at radius 2 is 2.13 bits per heavy atom. The number of nitrogens with zero attached hydrogens (tertiary/aromatic N) is 4. The molecule has 1 N–H and O–H groups in total. The second kappa shape index (κ2) is 8.70. The van der Waals surface area contributed by atoms with Gasteiger partial charge in [0.25, 0.3) is 0 Å². The minimum Gasteiger partial charge on any atom is -0.493 e. The molecule has 1 fully saturated rings. The number of benzene rings is 1. The molecule has 2 aliphatic rings. The first-order chi connectivity index (χ1) is 14.9. The van der Waals surface area contributed by atoms with Gasteiger partial charge in [-0.1, -0.05) is 6.07 Å². The number of carboxylic acid groups (broad SMARTS) is 1. The molecule has 4 rings (SSSR count). The molecule has 1 aromatic carbocycles. The molecule has 2 heterocycles. The van der Waals surface area contributed by atoms with Crippen LogP contribution in [0, 0.1) is 0 Å². The number of hydrogen-bond acceptors (Lipinski definition) is 7. The normalized spacial score (nSPS) is 20.5. The van der Waals surface area contributed by atoms with Crippen molar-refractivity contribution in [2.45, 2.75) is 37.6 Å². The van der Waals surface area contributed by atoms with Crippen molar-refractivity contribution in [2.24, 2.45) is 0 Å². The number of fused-ring (bicyclic) bond motifs is 2. The van der Waals surface area contributed by atoms with Crippen LogP contribution in [0.2, 0.25) is 0 Å². The maximum atomic E-state index is 10.8. The first-order valence-electron chi connectivity index (χ1n) is 10.7. The second-order valence-electron chi connectivity index (χ2n) is 8.70. The van der Waals surface area contributed by atoms with E-state index < -0.39 is 5.97 Å². The molecular formula is C23H30N4O4. The summed E-state index contributed by atoms with van der Waals surface area (Å²) in [4.78, 5) is 24.7. The van der Waals surface area contributed by atoms with Crippen LogP contribution in [-0.4, -0.2) is 66.8 Å². The van der Waals surface area contributed by atoms with Gasteiger partial charge in [0, 0.05) is 38.8 Å². The Kier molecular flexibility index (Phi) is 6.00. The molecular weight excluding hydrogens is 396 g/mol. The summed E-state index contributed by atoms with van der Waals surface area (Å²) < 4.78 is 10.7. The van der Waals surface area contributed by atoms with Gasteiger partial charge < -0.3 is 19.5 Å². The highest BCUT2D eigenvalue weighted by atomic mass is 16.5. The number of methoxy groups -OCH3 is 1. The molecule has 1 aliphatic heterocycles. The third kappa shape index (κ3) is 4.44. The lowest BCUT2D eigenvalue weighted by molar-refractivity contribution is -0.139. The van der Waals surface area contributed by atoms with Gasteiger partial charge >= 0.3 is 5.97 Å². The van der Waals surface area contributed by atoms with E-state index in [-0.39, 0.29) is 12.0 Å². The van der Waals surface area contributed by atoms with E-state index in [4.69, 9.17) is 19.6 Å². The first kappa shape index (κ1) is 21.4. The maximum Gasteiger partial charge on any atom is 0.341 e. The van der Waals surface area contributed by atoms with Gasteiger partial charge in [0.15, 0.2) is 18.1 Å². The summed E-state index contributed by atoms with van der Waals surface area (Å²) in [5.41, 5.74) is 3.72. The summed E-state index contributed by atoms with van der Waals surface area (Å²) in [5, 5.41) is 8.84. The van der Waals surface area contributed by atoms with Gasteiger partial charge in [-0.3, -0.25) is 4.90 Å². The molecule has 1 spiro atoms. The molecule has 31 heavy (non-hydrogen) atoms. The Bertz CT molecular complexity index is 961. The monoisotopic (exact) mass is 426 g/mol. The van der Waals surface area contributed by atoms with E-state index >= 15 is 0 Å². The fourth-order valence-corrected chi connectivity index (χ4v) is 4.83. The molecule has 8 heteroatoms. The van der Waals surface area contributed by atoms with Gasteiger partial charge in [-0.05, 0) is 55.5 Å². The van der Waals surface area contributed by atoms with Crippen LogP contribution in [0.1, 0.15) is 36.1 Å². The van der Waals surface area contributed by atoms with Crippen LogP contribution in [0.5, 0.6) is 11.5 Å². The molecule has 1 saturated heterocycles. The van der Waals surface area contributed by atoms with Gasteiger partial charge in [0.2, 0.25) is 5.95 Å². The summed E-state index contributed by atoms with van der Waals surface area (Å²) in [6.45, 7) is 2.44. The Morgan fingerprint density at radius 1 is 1.29 bits per heavy atom. The summed E-state index contributed by atoms with van der Waals surface area (Å²) in [6, 6.07) is 5.71. The molecule has 0 amide bonds. The summed E-state index contributed by atoms with van der Waals surface area (Å²) in [7, 11) is 5.53. The van der Waals surface area contributed by atoms with E-state index in [2.05, 4.69) is 9.88 Å². The zero-order valence-corrected chi connectivity index (χ0v) is 18.4. The quantitative estimate of drug-likeness (QED) is 0.723. The third-order valence-electron chi connectivity index (χ3n) is 6.27. The van der Waals surface area contributed by atoms with Crippen molar-refractivity contribution in [2.75, 3.05) is 45.8 Å². The molecule has 0 saturated carbocycles. The topological polar surface area (TPSA) is 88.0 Å². The number of likely N-dealkylation sites (tertiary alicyclic amines) is 1. The molecule has 1 aliphatic carbocycles. The van der Waals surface area contributed by atoms with Gasteiger partial charge in [0.1, 0.15) is 0 Å². The number of aliphatic carboxylic acids is 1. The molecule has 1 atom stereocenters. The molecule has 1 aromatic heterocycles. The Labute approximate surface area is 182 Å². The molecule has 0 radical (unpaired) electrons. The smallest absolute Gasteiger partial charge is 0.341 e. The van der Waals surface area contributed by atoms with E-state index in [1.807, 2.05) is 37.3 Å². The molecule has 0 bridgehead atoms. The number of hydrogen-bond donors (Lipinski definition) is 1. The molecule has 8 nitrogen and oxygen atoms in total. The predicted octanol–water partition coefficient (Wildman–Crippen LogP) is 2.49. The van der Waals surface area contributed by atoms with E-state index in [1.165, 1.54) is 11.3 Å². The van der Waals surface area contributed by atoms with Crippen LogP contribution in [-0.2, 0) is 23.2 Å². The standard InChI is InChI=1S/C23H30N4O4/c1-26(2)22-24-12-17-7-9-23(21(17)25-22)8-4-10-27(15-23)13-16-5-6-18(19(11-16)30-3)31-14-20(28)29/h5-6,11-12H,4,7-10,13-15H2,1-3H3,(H,28,29). The zero-order chi connectivity index (χ0) is 22.0. The first-order valence-corrected chi connectivity index (χ1v) is 10.7. The van der Waals surface area contributed by atoms with Gasteiger partial charge in [-0.15, -0.1) is 0 Å². The third-order valence-corrected chi connectivity index (χ3v) is 6.27. The van der Waals surface area contributed by atoms with Crippen LogP contribution < -0.4 is 14.4 Å². The molecule has 1 unspecified atom stereocenters. The van der Waals surface area contributed by atoms with Gasteiger partial charge in [-0.2, -0.15) is 0 Å². The van der Waals surface area contributed by atoms with Crippen molar-refractivity contribution >= 4 is 11.9 Å². The number of anilines is 1. The van der Waals surface area contributed by atoms with Crippen LogP contribution in [0.3, 0.4) is 0 Å². The highest BCUT2D eigenvalue weighted by Gasteiger charge is 2.43. The average Bonchev–Trinajstić information content (AvgIpc) is 3.09. The van der Waals surface area contributed by atoms with Crippen molar-refractivity contribution in [3.8, 4) is 11.5 Å². The molecule has 166 valence electrons. The zero-order valence-electron chi connectivity index (χ0n) is 18.4. The lowest BCUT2D eigenvalue weighted by atomic mass is 9.77. The fourth-order valence-electron chi connectivity index (χ4n) is 4.83. The highest BCUT2D eigenvalue weighted by molar-refractivity contribution is 5.68. The lowest BCUT2D eigenvalue weighted by Gasteiger charge is -2.40. The second-order valence-corrected chi connectivity index (χ2v) is 8.70. The SMILES string of the molecule is COc1cc(CN2CCCC3(CCc4cnc(N(C)C)nc43)C2)ccc1OCC(=O)O. The number of ether oxygens (including phenoxy) is 2. The highest BCUT2D eigenvalue weighted by Crippen LogP contribution is 2.44.